The van der Waals surface area contributed by atoms with Crippen LogP contribution in [0.1, 0.15) is 26.4 Å². The maximum Gasteiger partial charge on any atom is 0.335 e. The average Bonchev–Trinajstić information content (AvgIpc) is 2.45. The molecule has 0 fully saturated rings. The molecule has 0 aliphatic heterocycles. The number of phenols is 1. The number of aromatic hydroxyl groups is 1. The molecule has 0 bridgehead atoms. The predicted molar refractivity (Wildman–Crippen MR) is 75.5 cm³/mol. The molecular weight excluding hydrogens is 296 g/mol. The van der Waals surface area contributed by atoms with E-state index >= 15 is 0 Å². The second-order valence-corrected chi connectivity index (χ2v) is 4.62. The number of rotatable bonds is 4. The van der Waals surface area contributed by atoms with Gasteiger partial charge >= 0.3 is 5.97 Å². The Kier molecular flexibility index (Phi) is 4.39. The highest BCUT2D eigenvalue weighted by Crippen LogP contribution is 2.21. The highest BCUT2D eigenvalue weighted by Gasteiger charge is 2.12. The van der Waals surface area contributed by atoms with E-state index in [-0.39, 0.29) is 23.4 Å². The van der Waals surface area contributed by atoms with Crippen LogP contribution in [0.3, 0.4) is 0 Å². The van der Waals surface area contributed by atoms with Crippen molar-refractivity contribution in [3.63, 3.8) is 0 Å². The first-order chi connectivity index (χ1) is 9.97. The monoisotopic (exact) mass is 306 g/mol. The molecule has 1 aromatic carbocycles. The molecule has 0 aliphatic rings. The lowest BCUT2D eigenvalue weighted by molar-refractivity contribution is 0.0696. The van der Waals surface area contributed by atoms with Gasteiger partial charge in [0.1, 0.15) is 5.75 Å². The molecule has 3 N–H and O–H groups in total. The van der Waals surface area contributed by atoms with Gasteiger partial charge in [-0.05, 0) is 30.3 Å². The second-order valence-electron chi connectivity index (χ2n) is 4.19. The van der Waals surface area contributed by atoms with Gasteiger partial charge in [-0.15, -0.1) is 0 Å². The molecule has 0 unspecified atom stereocenters. The number of aromatic carboxylic acids is 1. The van der Waals surface area contributed by atoms with Crippen LogP contribution >= 0.6 is 11.6 Å². The highest BCUT2D eigenvalue weighted by atomic mass is 35.5. The normalized spacial score (nSPS) is 10.1. The van der Waals surface area contributed by atoms with Gasteiger partial charge < -0.3 is 15.5 Å². The number of halogens is 1. The molecule has 0 aliphatic carbocycles. The number of amides is 1. The molecule has 2 rings (SSSR count). The van der Waals surface area contributed by atoms with Crippen molar-refractivity contribution in [3.05, 3.63) is 58.4 Å². The number of benzene rings is 1. The summed E-state index contributed by atoms with van der Waals surface area (Å²) in [6.07, 6.45) is 1.35. The van der Waals surface area contributed by atoms with Crippen molar-refractivity contribution in [2.24, 2.45) is 0 Å². The molecule has 1 aromatic heterocycles. The number of hydrogen-bond acceptors (Lipinski definition) is 4. The minimum atomic E-state index is -1.07. The van der Waals surface area contributed by atoms with Gasteiger partial charge in [-0.1, -0.05) is 11.6 Å². The van der Waals surface area contributed by atoms with Gasteiger partial charge in [-0.2, -0.15) is 0 Å². The Morgan fingerprint density at radius 2 is 2.00 bits per heavy atom. The maximum atomic E-state index is 11.9. The first kappa shape index (κ1) is 14.8. The Bertz CT molecular complexity index is 703. The molecule has 1 amide bonds. The number of carboxylic acids is 1. The van der Waals surface area contributed by atoms with Gasteiger partial charge in [0, 0.05) is 11.2 Å². The van der Waals surface area contributed by atoms with Crippen molar-refractivity contribution in [3.8, 4) is 5.75 Å². The molecule has 21 heavy (non-hydrogen) atoms. The van der Waals surface area contributed by atoms with Crippen LogP contribution in [0.15, 0.2) is 36.5 Å². The maximum absolute atomic E-state index is 11.9. The molecule has 7 heteroatoms. The fourth-order valence-corrected chi connectivity index (χ4v) is 1.84. The Hall–Kier alpha value is -2.60. The quantitative estimate of drug-likeness (QED) is 0.803. The van der Waals surface area contributed by atoms with Gasteiger partial charge in [-0.25, -0.2) is 4.79 Å². The van der Waals surface area contributed by atoms with Gasteiger partial charge in [-0.3, -0.25) is 9.78 Å². The minimum absolute atomic E-state index is 0.0437. The summed E-state index contributed by atoms with van der Waals surface area (Å²) in [6.45, 7) is 0.0437. The smallest absolute Gasteiger partial charge is 0.335 e. The van der Waals surface area contributed by atoms with Crippen LogP contribution in [0.2, 0.25) is 5.02 Å². The van der Waals surface area contributed by atoms with Gasteiger partial charge in [0.15, 0.2) is 0 Å². The first-order valence-electron chi connectivity index (χ1n) is 5.92. The predicted octanol–water partition coefficient (Wildman–Crippen LogP) is 2.07. The lowest BCUT2D eigenvalue weighted by Crippen LogP contribution is -2.23. The van der Waals surface area contributed by atoms with Crippen LogP contribution in [0.25, 0.3) is 0 Å². The molecule has 0 radical (unpaired) electrons. The summed E-state index contributed by atoms with van der Waals surface area (Å²) < 4.78 is 0. The summed E-state index contributed by atoms with van der Waals surface area (Å²) in [6, 6.07) is 6.87. The van der Waals surface area contributed by atoms with E-state index in [2.05, 4.69) is 10.3 Å². The van der Waals surface area contributed by atoms with Crippen LogP contribution in [0.4, 0.5) is 0 Å². The molecule has 108 valence electrons. The van der Waals surface area contributed by atoms with Crippen LogP contribution in [-0.4, -0.2) is 27.1 Å². The zero-order chi connectivity index (χ0) is 15.4. The van der Waals surface area contributed by atoms with Gasteiger partial charge in [0.25, 0.3) is 5.91 Å². The number of aromatic nitrogens is 1. The Morgan fingerprint density at radius 3 is 2.67 bits per heavy atom. The largest absolute Gasteiger partial charge is 0.507 e. The van der Waals surface area contributed by atoms with Crippen LogP contribution < -0.4 is 5.32 Å². The fraction of sp³-hybridized carbons (Fsp3) is 0.0714. The number of pyridine rings is 1. The Morgan fingerprint density at radius 1 is 1.24 bits per heavy atom. The summed E-state index contributed by atoms with van der Waals surface area (Å²) >= 11 is 5.68. The first-order valence-corrected chi connectivity index (χ1v) is 6.30. The SMILES string of the molecule is O=C(O)c1ccnc(CNC(=O)c2ccc(Cl)cc2O)c1. The third-order valence-corrected chi connectivity index (χ3v) is 2.93. The summed E-state index contributed by atoms with van der Waals surface area (Å²) in [5.41, 5.74) is 0.564. The summed E-state index contributed by atoms with van der Waals surface area (Å²) in [7, 11) is 0. The Labute approximate surface area is 125 Å². The number of phenolic OH excluding ortho intramolecular Hbond substituents is 1. The number of carboxylic acid groups (broad SMARTS) is 1. The van der Waals surface area contributed by atoms with Crippen molar-refractivity contribution in [2.45, 2.75) is 6.54 Å². The van der Waals surface area contributed by atoms with Crippen molar-refractivity contribution < 1.29 is 19.8 Å². The molecule has 0 saturated heterocycles. The van der Waals surface area contributed by atoms with Crippen molar-refractivity contribution in [2.75, 3.05) is 0 Å². The number of carbonyl (C=O) groups is 2. The minimum Gasteiger partial charge on any atom is -0.507 e. The average molecular weight is 307 g/mol. The van der Waals surface area contributed by atoms with E-state index in [1.54, 1.807) is 0 Å². The number of nitrogens with one attached hydrogen (secondary N) is 1. The Balaban J connectivity index is 2.07. The van der Waals surface area contributed by atoms with E-state index < -0.39 is 11.9 Å². The van der Waals surface area contributed by atoms with Crippen LogP contribution in [-0.2, 0) is 6.54 Å². The van der Waals surface area contributed by atoms with E-state index in [1.807, 2.05) is 0 Å². The van der Waals surface area contributed by atoms with E-state index in [0.717, 1.165) is 0 Å². The van der Waals surface area contributed by atoms with Gasteiger partial charge in [0.2, 0.25) is 0 Å². The van der Waals surface area contributed by atoms with Crippen molar-refractivity contribution in [1.29, 1.82) is 0 Å². The van der Waals surface area contributed by atoms with E-state index in [0.29, 0.717) is 10.7 Å². The summed E-state index contributed by atoms with van der Waals surface area (Å²) in [5, 5.41) is 21.4. The van der Waals surface area contributed by atoms with Crippen LogP contribution in [0, 0.1) is 0 Å². The highest BCUT2D eigenvalue weighted by molar-refractivity contribution is 6.30. The zero-order valence-corrected chi connectivity index (χ0v) is 11.5. The van der Waals surface area contributed by atoms with E-state index in [4.69, 9.17) is 16.7 Å². The van der Waals surface area contributed by atoms with Crippen molar-refractivity contribution in [1.82, 2.24) is 10.3 Å². The summed E-state index contributed by atoms with van der Waals surface area (Å²) in [5.74, 6) is -1.81. The molecule has 0 spiro atoms. The molecule has 6 nitrogen and oxygen atoms in total. The lowest BCUT2D eigenvalue weighted by Gasteiger charge is -2.07. The molecule has 2 aromatic rings. The zero-order valence-electron chi connectivity index (χ0n) is 10.7. The molecule has 1 heterocycles. The fourth-order valence-electron chi connectivity index (χ4n) is 1.67. The molecule has 0 atom stereocenters. The lowest BCUT2D eigenvalue weighted by atomic mass is 10.2. The standard InChI is InChI=1S/C14H11ClN2O4/c15-9-1-2-11(12(18)6-9)13(19)17-7-10-5-8(14(20)21)3-4-16-10/h1-6,18H,7H2,(H,17,19)(H,20,21). The van der Waals surface area contributed by atoms with Crippen LogP contribution in [0.5, 0.6) is 5.75 Å². The third-order valence-electron chi connectivity index (χ3n) is 2.70. The number of hydrogen-bond donors (Lipinski definition) is 3. The molecule has 0 saturated carbocycles. The van der Waals surface area contributed by atoms with E-state index in [9.17, 15) is 14.7 Å². The topological polar surface area (TPSA) is 99.5 Å². The number of carbonyl (C=O) groups excluding carboxylic acids is 1. The third kappa shape index (κ3) is 3.70. The van der Waals surface area contributed by atoms with Crippen molar-refractivity contribution >= 4 is 23.5 Å². The second kappa shape index (κ2) is 6.23. The van der Waals surface area contributed by atoms with E-state index in [1.165, 1.54) is 36.5 Å². The summed E-state index contributed by atoms with van der Waals surface area (Å²) in [4.78, 5) is 26.7. The van der Waals surface area contributed by atoms with Gasteiger partial charge in [0.05, 0.1) is 23.4 Å². The molecular formula is C14H11ClN2O4. The number of nitrogens with zero attached hydrogens (tertiary/aromatic N) is 1.